The molecule has 0 aromatic heterocycles. The minimum atomic E-state index is -0.750. The van der Waals surface area contributed by atoms with E-state index in [2.05, 4.69) is 0 Å². The minimum absolute atomic E-state index is 0.0690. The van der Waals surface area contributed by atoms with E-state index >= 15 is 0 Å². The van der Waals surface area contributed by atoms with Crippen molar-refractivity contribution in [1.82, 2.24) is 0 Å². The molecule has 1 saturated heterocycles. The summed E-state index contributed by atoms with van der Waals surface area (Å²) in [5.74, 6) is 1.15. The Labute approximate surface area is 63.2 Å². The van der Waals surface area contributed by atoms with E-state index < -0.39 is 10.8 Å². The molecule has 60 valence electrons. The third-order valence-electron chi connectivity index (χ3n) is 1.39. The van der Waals surface area contributed by atoms with Crippen LogP contribution in [0.3, 0.4) is 0 Å². The van der Waals surface area contributed by atoms with Gasteiger partial charge in [0, 0.05) is 23.7 Å². The molecule has 0 saturated carbocycles. The first-order chi connectivity index (χ1) is 4.72. The second-order valence-corrected chi connectivity index (χ2v) is 3.93. The van der Waals surface area contributed by atoms with Crippen molar-refractivity contribution in [2.75, 3.05) is 18.6 Å². The van der Waals surface area contributed by atoms with Gasteiger partial charge >= 0.3 is 0 Å². The SMILES string of the molecule is CO[C@@H]1CS(=O)C[C@@H](C)O1. The van der Waals surface area contributed by atoms with E-state index in [4.69, 9.17) is 9.47 Å². The van der Waals surface area contributed by atoms with Gasteiger partial charge in [0.05, 0.1) is 11.9 Å². The number of ether oxygens (including phenoxy) is 2. The molecule has 1 heterocycles. The van der Waals surface area contributed by atoms with Crippen LogP contribution in [0.25, 0.3) is 0 Å². The zero-order valence-electron chi connectivity index (χ0n) is 6.20. The molecule has 0 aromatic rings. The maximum atomic E-state index is 11.0. The Hall–Kier alpha value is 0.0700. The first kappa shape index (κ1) is 8.17. The molecule has 0 radical (unpaired) electrons. The average Bonchev–Trinajstić information content (AvgIpc) is 1.85. The topological polar surface area (TPSA) is 35.5 Å². The van der Waals surface area contributed by atoms with Gasteiger partial charge in [-0.25, -0.2) is 0 Å². The lowest BCUT2D eigenvalue weighted by atomic mass is 10.5. The molecule has 1 aliphatic rings. The van der Waals surface area contributed by atoms with E-state index in [-0.39, 0.29) is 12.4 Å². The van der Waals surface area contributed by atoms with Crippen LogP contribution in [0, 0.1) is 0 Å². The lowest BCUT2D eigenvalue weighted by Crippen LogP contribution is -2.37. The Kier molecular flexibility index (Phi) is 2.82. The van der Waals surface area contributed by atoms with E-state index in [1.165, 1.54) is 0 Å². The molecule has 4 heteroatoms. The number of hydrogen-bond donors (Lipinski definition) is 0. The largest absolute Gasteiger partial charge is 0.355 e. The quantitative estimate of drug-likeness (QED) is 0.552. The second kappa shape index (κ2) is 3.46. The molecule has 3 atom stereocenters. The first-order valence-electron chi connectivity index (χ1n) is 3.25. The lowest BCUT2D eigenvalue weighted by molar-refractivity contribution is -0.135. The fraction of sp³-hybridized carbons (Fsp3) is 1.00. The summed E-state index contributed by atoms with van der Waals surface area (Å²) in [6.45, 7) is 1.91. The van der Waals surface area contributed by atoms with Crippen molar-refractivity contribution in [3.05, 3.63) is 0 Å². The summed E-state index contributed by atoms with van der Waals surface area (Å²) in [4.78, 5) is 0. The highest BCUT2D eigenvalue weighted by Crippen LogP contribution is 2.09. The smallest absolute Gasteiger partial charge is 0.169 e. The Morgan fingerprint density at radius 3 is 2.80 bits per heavy atom. The highest BCUT2D eigenvalue weighted by atomic mass is 32.2. The standard InChI is InChI=1S/C6H12O3S/c1-5-3-10(7)4-6(8-2)9-5/h5-6H,3-4H2,1-2H3/t5-,6+,10?/m1/s1. The van der Waals surface area contributed by atoms with Crippen LogP contribution >= 0.6 is 0 Å². The highest BCUT2D eigenvalue weighted by molar-refractivity contribution is 7.85. The number of hydrogen-bond acceptors (Lipinski definition) is 3. The monoisotopic (exact) mass is 164 g/mol. The van der Waals surface area contributed by atoms with Gasteiger partial charge in [0.2, 0.25) is 0 Å². The molecule has 0 N–H and O–H groups in total. The van der Waals surface area contributed by atoms with Crippen LogP contribution in [0.1, 0.15) is 6.92 Å². The molecule has 0 spiro atoms. The van der Waals surface area contributed by atoms with E-state index in [9.17, 15) is 4.21 Å². The van der Waals surface area contributed by atoms with Crippen molar-refractivity contribution < 1.29 is 13.7 Å². The maximum Gasteiger partial charge on any atom is 0.169 e. The zero-order chi connectivity index (χ0) is 7.56. The predicted octanol–water partition coefficient (Wildman–Crippen LogP) is 0.126. The third kappa shape index (κ3) is 2.04. The van der Waals surface area contributed by atoms with Crippen LogP contribution in [0.15, 0.2) is 0 Å². The van der Waals surface area contributed by atoms with Gasteiger partial charge in [-0.15, -0.1) is 0 Å². The van der Waals surface area contributed by atoms with Crippen LogP contribution in [-0.2, 0) is 20.3 Å². The highest BCUT2D eigenvalue weighted by Gasteiger charge is 2.23. The third-order valence-corrected chi connectivity index (χ3v) is 2.87. The fourth-order valence-electron chi connectivity index (χ4n) is 0.943. The van der Waals surface area contributed by atoms with Gasteiger partial charge in [0.25, 0.3) is 0 Å². The van der Waals surface area contributed by atoms with Crippen molar-refractivity contribution in [1.29, 1.82) is 0 Å². The molecule has 1 unspecified atom stereocenters. The van der Waals surface area contributed by atoms with Gasteiger partial charge in [-0.2, -0.15) is 0 Å². The van der Waals surface area contributed by atoms with Crippen LogP contribution in [-0.4, -0.2) is 35.2 Å². The number of rotatable bonds is 1. The second-order valence-electron chi connectivity index (χ2n) is 2.39. The molecule has 1 rings (SSSR count). The van der Waals surface area contributed by atoms with Crippen molar-refractivity contribution in [2.24, 2.45) is 0 Å². The Bertz CT molecular complexity index is 137. The van der Waals surface area contributed by atoms with Gasteiger partial charge in [0.1, 0.15) is 0 Å². The molecular weight excluding hydrogens is 152 g/mol. The van der Waals surface area contributed by atoms with Crippen molar-refractivity contribution in [2.45, 2.75) is 19.3 Å². The minimum Gasteiger partial charge on any atom is -0.355 e. The molecule has 3 nitrogen and oxygen atoms in total. The zero-order valence-corrected chi connectivity index (χ0v) is 7.02. The van der Waals surface area contributed by atoms with Gasteiger partial charge < -0.3 is 9.47 Å². The van der Waals surface area contributed by atoms with E-state index in [1.54, 1.807) is 7.11 Å². The Morgan fingerprint density at radius 1 is 1.60 bits per heavy atom. The van der Waals surface area contributed by atoms with Gasteiger partial charge in [-0.05, 0) is 6.92 Å². The molecule has 1 aliphatic heterocycles. The van der Waals surface area contributed by atoms with E-state index in [0.717, 1.165) is 0 Å². The maximum absolute atomic E-state index is 11.0. The molecule has 0 aliphatic carbocycles. The summed E-state index contributed by atoms with van der Waals surface area (Å²) < 4.78 is 21.2. The molecule has 10 heavy (non-hydrogen) atoms. The Balaban J connectivity index is 2.42. The van der Waals surface area contributed by atoms with Crippen molar-refractivity contribution >= 4 is 10.8 Å². The molecule has 0 aromatic carbocycles. The predicted molar refractivity (Wildman–Crippen MR) is 39.2 cm³/mol. The van der Waals surface area contributed by atoms with Crippen LogP contribution in [0.2, 0.25) is 0 Å². The molecule has 1 fully saturated rings. The van der Waals surface area contributed by atoms with Crippen LogP contribution < -0.4 is 0 Å². The lowest BCUT2D eigenvalue weighted by Gasteiger charge is -2.25. The van der Waals surface area contributed by atoms with Crippen molar-refractivity contribution in [3.63, 3.8) is 0 Å². The molecule has 0 bridgehead atoms. The normalized spacial score (nSPS) is 41.6. The number of methoxy groups -OCH3 is 1. The Morgan fingerprint density at radius 2 is 2.30 bits per heavy atom. The van der Waals surface area contributed by atoms with Crippen LogP contribution in [0.5, 0.6) is 0 Å². The first-order valence-corrected chi connectivity index (χ1v) is 4.74. The summed E-state index contributed by atoms with van der Waals surface area (Å²) in [7, 11) is 0.819. The van der Waals surface area contributed by atoms with Gasteiger partial charge in [-0.1, -0.05) is 0 Å². The summed E-state index contributed by atoms with van der Waals surface area (Å²) in [6, 6.07) is 0. The summed E-state index contributed by atoms with van der Waals surface area (Å²) in [5, 5.41) is 0. The summed E-state index contributed by atoms with van der Waals surface area (Å²) in [5.41, 5.74) is 0. The van der Waals surface area contributed by atoms with Gasteiger partial charge in [-0.3, -0.25) is 4.21 Å². The van der Waals surface area contributed by atoms with Crippen molar-refractivity contribution in [3.8, 4) is 0 Å². The van der Waals surface area contributed by atoms with Gasteiger partial charge in [0.15, 0.2) is 6.29 Å². The van der Waals surface area contributed by atoms with E-state index in [0.29, 0.717) is 11.5 Å². The fourth-order valence-corrected chi connectivity index (χ4v) is 2.20. The molecule has 0 amide bonds. The summed E-state index contributed by atoms with van der Waals surface area (Å²) >= 11 is 0. The van der Waals surface area contributed by atoms with Crippen LogP contribution in [0.4, 0.5) is 0 Å². The summed E-state index contributed by atoms with van der Waals surface area (Å²) in [6.07, 6.45) is -0.191. The van der Waals surface area contributed by atoms with E-state index in [1.807, 2.05) is 6.92 Å². The average molecular weight is 164 g/mol. The molecular formula is C6H12O3S.